The minimum absolute atomic E-state index is 0.0471. The molecule has 0 saturated heterocycles. The lowest BCUT2D eigenvalue weighted by molar-refractivity contribution is -0.168. The zero-order valence-electron chi connectivity index (χ0n) is 34.8. The fourth-order valence-electron chi connectivity index (χ4n) is 5.99. The molecule has 0 radical (unpaired) electrons. The molecule has 0 saturated carbocycles. The van der Waals surface area contributed by atoms with Gasteiger partial charge in [-0.3, -0.25) is 33.3 Å². The first kappa shape index (κ1) is 53.1. The minimum atomic E-state index is -5.33. The molecule has 12 N–H and O–H groups in total. The van der Waals surface area contributed by atoms with E-state index in [9.17, 15) is 62.9 Å². The number of ether oxygens (including phenoxy) is 2. The van der Waals surface area contributed by atoms with Gasteiger partial charge in [-0.05, 0) is 25.2 Å². The van der Waals surface area contributed by atoms with Crippen LogP contribution in [0.5, 0.6) is 0 Å². The van der Waals surface area contributed by atoms with Gasteiger partial charge in [0.1, 0.15) is 42.5 Å². The van der Waals surface area contributed by atoms with Gasteiger partial charge in [-0.1, -0.05) is 66.2 Å². The molecular weight excluding hydrogens is 817 g/mol. The number of phosphoric ester groups is 1. The third-order valence-electron chi connectivity index (χ3n) is 9.77. The monoisotopic (exact) mass is 877 g/mol. The molecule has 24 heteroatoms. The largest absolute Gasteiger partial charge is 0.469 e. The molecule has 3 unspecified atom stereocenters. The van der Waals surface area contributed by atoms with Crippen LogP contribution in [-0.4, -0.2) is 141 Å². The summed E-state index contributed by atoms with van der Waals surface area (Å²) in [5.74, 6) is -11.3. The van der Waals surface area contributed by atoms with Crippen molar-refractivity contribution in [2.75, 3.05) is 20.2 Å². The highest BCUT2D eigenvalue weighted by Gasteiger charge is 2.42. The van der Waals surface area contributed by atoms with E-state index in [0.717, 1.165) is 31.9 Å². The number of carbonyl (C=O) groups is 8. The number of hydrogen-bond donors (Lipinski definition) is 10. The molecule has 0 fully saturated rings. The molecular formula is C36H60N7O16P. The molecule has 60 heavy (non-hydrogen) atoms. The molecule has 0 aromatic heterocycles. The molecule has 0 spiro atoms. The van der Waals surface area contributed by atoms with Crippen LogP contribution < -0.4 is 32.7 Å². The maximum Gasteiger partial charge on any atom is 0.469 e. The normalized spacial score (nSPS) is 29.1. The molecule has 0 aliphatic carbocycles. The van der Waals surface area contributed by atoms with Crippen LogP contribution in [0.3, 0.4) is 0 Å². The number of amides is 7. The predicted octanol–water partition coefficient (Wildman–Crippen LogP) is -2.41. The third-order valence-corrected chi connectivity index (χ3v) is 10.3. The number of hydrogen-bond acceptors (Lipinski definition) is 14. The summed E-state index contributed by atoms with van der Waals surface area (Å²) in [5, 5.41) is 30.3. The van der Waals surface area contributed by atoms with Crippen molar-refractivity contribution in [1.29, 1.82) is 0 Å². The van der Waals surface area contributed by atoms with Gasteiger partial charge < -0.3 is 67.1 Å². The van der Waals surface area contributed by atoms with Crippen molar-refractivity contribution >= 4 is 55.3 Å². The first-order valence-electron chi connectivity index (χ1n) is 19.0. The Labute approximate surface area is 347 Å². The van der Waals surface area contributed by atoms with Gasteiger partial charge in [0, 0.05) is 19.0 Å². The van der Waals surface area contributed by atoms with Crippen LogP contribution in [0.15, 0.2) is 24.3 Å². The summed E-state index contributed by atoms with van der Waals surface area (Å²) in [5.41, 5.74) is 10.6. The maximum absolute atomic E-state index is 14.1. The second-order valence-electron chi connectivity index (χ2n) is 14.8. The highest BCUT2D eigenvalue weighted by atomic mass is 31.2. The van der Waals surface area contributed by atoms with Gasteiger partial charge in [-0.2, -0.15) is 0 Å². The number of nitrogens with zero attached hydrogens (tertiary/aromatic N) is 1. The number of esters is 1. The number of cyclic esters (lactones) is 1. The van der Waals surface area contributed by atoms with Crippen LogP contribution in [0, 0.1) is 23.7 Å². The summed E-state index contributed by atoms with van der Waals surface area (Å²) < 4.78 is 27.1. The number of phosphoric acid groups is 1. The standard InChI is InChI=1S/C36H60N7O16P/c1-9-18(4)29-19(5)23(44)13-11-10-12-14-25(46)39-15-24(45)31(48)42-27(21(7)58-36(38)53)33(50)41-26(20(6)30(37)47)32(49)40-22(16-57-60(54,55)56)34(51)43(8)28(17(2)3)35(52)59-29/h10-12,14,17-24,26-29,44-45H,9,13,15-16H2,1-8H3,(H2,37,47)(H2,38,53)(H,39,46)(H,40,49)(H,41,50)(H,42,48)(H2,54,55,56)/b11-10+,14-12+/t18-,19-,20+,21?,22?,23+,24-,26+,27-,28+,29?/m1/s1. The topological polar surface area (TPSA) is 366 Å². The molecule has 1 aliphatic heterocycles. The van der Waals surface area contributed by atoms with E-state index in [0.29, 0.717) is 6.42 Å². The number of β-amino-alcohol motifs (C(OH)–C–C–N with tert-alkyl or cyclic N) is 1. The second-order valence-corrected chi connectivity index (χ2v) is 16.0. The molecule has 1 aliphatic rings. The lowest BCUT2D eigenvalue weighted by atomic mass is 9.86. The van der Waals surface area contributed by atoms with Crippen molar-refractivity contribution in [1.82, 2.24) is 26.2 Å². The fraction of sp³-hybridized carbons (Fsp3) is 0.667. The minimum Gasteiger partial charge on any atom is -0.460 e. The zero-order valence-corrected chi connectivity index (χ0v) is 35.7. The summed E-state index contributed by atoms with van der Waals surface area (Å²) in [4.78, 5) is 125. The molecule has 7 amide bonds. The second kappa shape index (κ2) is 24.4. The maximum atomic E-state index is 14.1. The zero-order chi connectivity index (χ0) is 46.2. The van der Waals surface area contributed by atoms with Gasteiger partial charge in [0.05, 0.1) is 25.2 Å². The van der Waals surface area contributed by atoms with E-state index in [4.69, 9.17) is 20.9 Å². The summed E-state index contributed by atoms with van der Waals surface area (Å²) in [6.07, 6.45) is -1.08. The number of likely N-dealkylation sites (N-methyl/N-ethyl adjacent to an activating group) is 1. The highest BCUT2D eigenvalue weighted by Crippen LogP contribution is 2.36. The Morgan fingerprint density at radius 3 is 2.07 bits per heavy atom. The SMILES string of the molecule is CC[C@@H](C)C1OC(=O)[C@H](C(C)C)N(C)C(=O)C(COP(=O)(O)O)NC(=O)[C@H]([C@H](C)C(N)=O)NC(=O)[C@@H](C(C)OC(N)=O)NC(=O)[C@H](O)CNC(=O)/C=C/C=C/C[C@H](O)[C@H]1C. The molecule has 0 aromatic rings. The molecule has 1 heterocycles. The van der Waals surface area contributed by atoms with Gasteiger partial charge in [-0.25, -0.2) is 14.2 Å². The Morgan fingerprint density at radius 2 is 1.53 bits per heavy atom. The van der Waals surface area contributed by atoms with Crippen LogP contribution in [0.4, 0.5) is 4.79 Å². The Hall–Kier alpha value is -4.93. The number of nitrogens with one attached hydrogen (secondary N) is 4. The van der Waals surface area contributed by atoms with E-state index in [-0.39, 0.29) is 12.3 Å². The van der Waals surface area contributed by atoms with Gasteiger partial charge in [-0.15, -0.1) is 0 Å². The van der Waals surface area contributed by atoms with E-state index >= 15 is 0 Å². The number of primary amides is 2. The molecule has 0 aromatic carbocycles. The third kappa shape index (κ3) is 17.0. The first-order valence-corrected chi connectivity index (χ1v) is 20.6. The van der Waals surface area contributed by atoms with Gasteiger partial charge in [0.2, 0.25) is 29.5 Å². The fourth-order valence-corrected chi connectivity index (χ4v) is 6.33. The lowest BCUT2D eigenvalue weighted by Crippen LogP contribution is -2.63. The highest BCUT2D eigenvalue weighted by molar-refractivity contribution is 7.46. The van der Waals surface area contributed by atoms with Crippen LogP contribution in [-0.2, 0) is 52.1 Å². The average Bonchev–Trinajstić information content (AvgIpc) is 3.15. The Bertz CT molecular complexity index is 1650. The quantitative estimate of drug-likeness (QED) is 0.0807. The summed E-state index contributed by atoms with van der Waals surface area (Å²) in [6, 6.07) is -7.40. The predicted molar refractivity (Wildman–Crippen MR) is 210 cm³/mol. The molecule has 1 rings (SSSR count). The van der Waals surface area contributed by atoms with E-state index in [1.54, 1.807) is 33.8 Å². The van der Waals surface area contributed by atoms with E-state index in [1.165, 1.54) is 12.2 Å². The van der Waals surface area contributed by atoms with Crippen LogP contribution in [0.25, 0.3) is 0 Å². The lowest BCUT2D eigenvalue weighted by Gasteiger charge is -2.36. The van der Waals surface area contributed by atoms with Gasteiger partial charge >= 0.3 is 19.9 Å². The van der Waals surface area contributed by atoms with Crippen LogP contribution in [0.2, 0.25) is 0 Å². The summed E-state index contributed by atoms with van der Waals surface area (Å²) in [6.45, 7) is 8.71. The number of rotatable bonds is 10. The van der Waals surface area contributed by atoms with Gasteiger partial charge in [0.25, 0.3) is 5.91 Å². The number of nitrogens with two attached hydrogens (primary N) is 2. The Balaban J connectivity index is 3.92. The van der Waals surface area contributed by atoms with Crippen LogP contribution >= 0.6 is 7.82 Å². The van der Waals surface area contributed by atoms with Crippen molar-refractivity contribution in [2.45, 2.75) is 110 Å². The molecule has 340 valence electrons. The van der Waals surface area contributed by atoms with Crippen molar-refractivity contribution in [3.63, 3.8) is 0 Å². The van der Waals surface area contributed by atoms with E-state index in [1.807, 2.05) is 6.92 Å². The number of aliphatic hydroxyl groups is 2. The number of aliphatic hydroxyl groups excluding tert-OH is 2. The number of carbonyl (C=O) groups excluding carboxylic acids is 8. The van der Waals surface area contributed by atoms with E-state index < -0.39 is 135 Å². The molecule has 23 nitrogen and oxygen atoms in total. The van der Waals surface area contributed by atoms with Crippen molar-refractivity contribution in [3.05, 3.63) is 24.3 Å². The number of allylic oxidation sites excluding steroid dienone is 2. The first-order chi connectivity index (χ1) is 27.7. The Morgan fingerprint density at radius 1 is 0.950 bits per heavy atom. The Kier molecular flexibility index (Phi) is 21.6. The summed E-state index contributed by atoms with van der Waals surface area (Å²) >= 11 is 0. The van der Waals surface area contributed by atoms with Crippen LogP contribution in [0.1, 0.15) is 61.3 Å². The molecule has 11 atom stereocenters. The van der Waals surface area contributed by atoms with Crippen molar-refractivity contribution < 1.29 is 76.9 Å². The average molecular weight is 878 g/mol. The smallest absolute Gasteiger partial charge is 0.460 e. The van der Waals surface area contributed by atoms with Crippen molar-refractivity contribution in [2.24, 2.45) is 35.1 Å². The molecule has 0 bridgehead atoms. The van der Waals surface area contributed by atoms with E-state index in [2.05, 4.69) is 25.8 Å². The summed E-state index contributed by atoms with van der Waals surface area (Å²) in [7, 11) is -4.17. The van der Waals surface area contributed by atoms with Gasteiger partial charge in [0.15, 0.2) is 0 Å². The van der Waals surface area contributed by atoms with Crippen molar-refractivity contribution in [3.8, 4) is 0 Å².